The predicted molar refractivity (Wildman–Crippen MR) is 48.1 cm³/mol. The van der Waals surface area contributed by atoms with Crippen LogP contribution in [0.3, 0.4) is 0 Å². The van der Waals surface area contributed by atoms with E-state index in [0.717, 1.165) is 0 Å². The highest BCUT2D eigenvalue weighted by Gasteiger charge is 2.30. The van der Waals surface area contributed by atoms with Gasteiger partial charge in [0.05, 0.1) is 0 Å². The molecule has 0 spiro atoms. The number of ketones is 1. The van der Waals surface area contributed by atoms with Crippen LogP contribution < -0.4 is 0 Å². The van der Waals surface area contributed by atoms with Crippen molar-refractivity contribution in [1.29, 1.82) is 0 Å². The van der Waals surface area contributed by atoms with Crippen molar-refractivity contribution in [3.63, 3.8) is 0 Å². The third-order valence-electron chi connectivity index (χ3n) is 1.04. The average molecular weight is 310 g/mol. The first-order valence-corrected chi connectivity index (χ1v) is 5.05. The van der Waals surface area contributed by atoms with Gasteiger partial charge in [-0.3, -0.25) is 4.79 Å². The van der Waals surface area contributed by atoms with Crippen LogP contribution in [-0.4, -0.2) is 28.7 Å². The first kappa shape index (κ1) is 12.4. The van der Waals surface area contributed by atoms with Gasteiger partial charge in [-0.05, 0) is 6.92 Å². The maximum Gasteiger partial charge on any atom is 0.297 e. The standard InChI is InChI=1S/C6H8Br2F2O2/c1-2-12-5(8)3(7)4(11)6(9)10/h3,5-6H,2H2,1H3/t3-,5-/m1/s1. The molecule has 0 amide bonds. The van der Waals surface area contributed by atoms with Crippen LogP contribution in [0.2, 0.25) is 0 Å². The summed E-state index contributed by atoms with van der Waals surface area (Å²) in [4.78, 5) is 9.65. The van der Waals surface area contributed by atoms with Crippen LogP contribution in [0.4, 0.5) is 8.78 Å². The van der Waals surface area contributed by atoms with Crippen molar-refractivity contribution in [2.24, 2.45) is 0 Å². The van der Waals surface area contributed by atoms with Crippen LogP contribution in [0.25, 0.3) is 0 Å². The molecule has 0 N–H and O–H groups in total. The van der Waals surface area contributed by atoms with E-state index in [1.54, 1.807) is 6.92 Å². The molecule has 0 aliphatic rings. The lowest BCUT2D eigenvalue weighted by Gasteiger charge is -2.14. The van der Waals surface area contributed by atoms with Gasteiger partial charge < -0.3 is 4.74 Å². The lowest BCUT2D eigenvalue weighted by Crippen LogP contribution is -2.31. The molecule has 0 fully saturated rings. The zero-order valence-corrected chi connectivity index (χ0v) is 9.44. The van der Waals surface area contributed by atoms with Gasteiger partial charge in [-0.15, -0.1) is 0 Å². The highest BCUT2D eigenvalue weighted by molar-refractivity contribution is 9.12. The summed E-state index contributed by atoms with van der Waals surface area (Å²) in [6.45, 7) is 2.06. The summed E-state index contributed by atoms with van der Waals surface area (Å²) in [7, 11) is 0. The van der Waals surface area contributed by atoms with Gasteiger partial charge in [-0.2, -0.15) is 0 Å². The molecule has 0 aromatic heterocycles. The molecule has 72 valence electrons. The Bertz CT molecular complexity index is 154. The van der Waals surface area contributed by atoms with Crippen molar-refractivity contribution >= 4 is 37.6 Å². The quantitative estimate of drug-likeness (QED) is 0.729. The van der Waals surface area contributed by atoms with E-state index in [1.807, 2.05) is 0 Å². The van der Waals surface area contributed by atoms with Crippen LogP contribution in [0.15, 0.2) is 0 Å². The minimum Gasteiger partial charge on any atom is -0.366 e. The monoisotopic (exact) mass is 308 g/mol. The summed E-state index contributed by atoms with van der Waals surface area (Å²) in [5.41, 5.74) is 0. The molecule has 0 unspecified atom stereocenters. The Hall–Kier alpha value is 0.450. The van der Waals surface area contributed by atoms with Crippen LogP contribution >= 0.6 is 31.9 Å². The van der Waals surface area contributed by atoms with Gasteiger partial charge >= 0.3 is 0 Å². The molecule has 0 aliphatic carbocycles. The van der Waals surface area contributed by atoms with Crippen LogP contribution in [0.1, 0.15) is 6.92 Å². The second-order valence-corrected chi connectivity index (χ2v) is 3.80. The molecule has 0 saturated heterocycles. The summed E-state index contributed by atoms with van der Waals surface area (Å²) < 4.78 is 28.5. The second kappa shape index (κ2) is 5.99. The number of Topliss-reactive ketones (excluding diaryl/α,β-unsaturated/α-hetero) is 1. The molecule has 0 saturated carbocycles. The van der Waals surface area contributed by atoms with E-state index in [1.165, 1.54) is 0 Å². The number of carbonyl (C=O) groups excluding carboxylic acids is 1. The normalized spacial score (nSPS) is 16.2. The first-order valence-electron chi connectivity index (χ1n) is 3.22. The van der Waals surface area contributed by atoms with E-state index in [9.17, 15) is 13.6 Å². The van der Waals surface area contributed by atoms with Gasteiger partial charge in [-0.1, -0.05) is 31.9 Å². The van der Waals surface area contributed by atoms with Gasteiger partial charge in [0.25, 0.3) is 6.43 Å². The SMILES string of the molecule is CCO[C@@H](Br)[C@H](Br)C(=O)C(F)F. The van der Waals surface area contributed by atoms with E-state index >= 15 is 0 Å². The Kier molecular flexibility index (Phi) is 6.21. The number of carbonyl (C=O) groups is 1. The largest absolute Gasteiger partial charge is 0.366 e. The number of hydrogen-bond donors (Lipinski definition) is 0. The van der Waals surface area contributed by atoms with Crippen LogP contribution in [0, 0.1) is 0 Å². The highest BCUT2D eigenvalue weighted by atomic mass is 79.9. The molecule has 0 aromatic rings. The van der Waals surface area contributed by atoms with Crippen LogP contribution in [0.5, 0.6) is 0 Å². The Morgan fingerprint density at radius 1 is 1.50 bits per heavy atom. The van der Waals surface area contributed by atoms with Crippen molar-refractivity contribution in [2.75, 3.05) is 6.61 Å². The molecule has 2 atom stereocenters. The minimum absolute atomic E-state index is 0.356. The lowest BCUT2D eigenvalue weighted by atomic mass is 10.3. The number of halogens is 4. The second-order valence-electron chi connectivity index (χ2n) is 1.91. The molecule has 12 heavy (non-hydrogen) atoms. The zero-order valence-electron chi connectivity index (χ0n) is 6.27. The van der Waals surface area contributed by atoms with E-state index in [0.29, 0.717) is 6.61 Å². The summed E-state index contributed by atoms with van der Waals surface area (Å²) in [5.74, 6) is -1.18. The number of ether oxygens (including phenoxy) is 1. The Morgan fingerprint density at radius 2 is 2.00 bits per heavy atom. The number of rotatable bonds is 5. The van der Waals surface area contributed by atoms with Crippen molar-refractivity contribution in [2.45, 2.75) is 23.2 Å². The van der Waals surface area contributed by atoms with Crippen molar-refractivity contribution < 1.29 is 18.3 Å². The van der Waals surface area contributed by atoms with Gasteiger partial charge in [-0.25, -0.2) is 8.78 Å². The topological polar surface area (TPSA) is 26.3 Å². The molecule has 0 radical (unpaired) electrons. The van der Waals surface area contributed by atoms with E-state index in [-0.39, 0.29) is 0 Å². The molecule has 2 nitrogen and oxygen atoms in total. The molecule has 0 heterocycles. The Labute approximate surface area is 85.9 Å². The fraction of sp³-hybridized carbons (Fsp3) is 0.833. The number of hydrogen-bond acceptors (Lipinski definition) is 2. The van der Waals surface area contributed by atoms with E-state index in [2.05, 4.69) is 31.9 Å². The molecular weight excluding hydrogens is 302 g/mol. The third-order valence-corrected chi connectivity index (χ3v) is 3.48. The van der Waals surface area contributed by atoms with Crippen molar-refractivity contribution in [1.82, 2.24) is 0 Å². The maximum atomic E-state index is 11.8. The Balaban J connectivity index is 4.00. The first-order chi connectivity index (χ1) is 5.50. The minimum atomic E-state index is -2.96. The maximum absolute atomic E-state index is 11.8. The lowest BCUT2D eigenvalue weighted by molar-refractivity contribution is -0.130. The van der Waals surface area contributed by atoms with E-state index < -0.39 is 22.0 Å². The summed E-state index contributed by atoms with van der Waals surface area (Å²) in [6.07, 6.45) is -2.96. The molecule has 0 bridgehead atoms. The van der Waals surface area contributed by atoms with Crippen molar-refractivity contribution in [3.8, 4) is 0 Å². The molecular formula is C6H8Br2F2O2. The zero-order chi connectivity index (χ0) is 9.72. The van der Waals surface area contributed by atoms with E-state index in [4.69, 9.17) is 4.74 Å². The average Bonchev–Trinajstić information content (AvgIpc) is 2.02. The summed E-state index contributed by atoms with van der Waals surface area (Å²) >= 11 is 5.76. The Morgan fingerprint density at radius 3 is 2.33 bits per heavy atom. The van der Waals surface area contributed by atoms with Gasteiger partial charge in [0, 0.05) is 6.61 Å². The van der Waals surface area contributed by atoms with Crippen molar-refractivity contribution in [3.05, 3.63) is 0 Å². The fourth-order valence-corrected chi connectivity index (χ4v) is 1.37. The molecule has 6 heteroatoms. The molecule has 0 aliphatic heterocycles. The summed E-state index contributed by atoms with van der Waals surface area (Å²) in [5, 5.41) is -0.705. The van der Waals surface area contributed by atoms with Gasteiger partial charge in [0.15, 0.2) is 0 Å². The third kappa shape index (κ3) is 3.91. The highest BCUT2D eigenvalue weighted by Crippen LogP contribution is 2.19. The summed E-state index contributed by atoms with van der Waals surface area (Å²) in [6, 6.07) is 0. The van der Waals surface area contributed by atoms with Gasteiger partial charge in [0.1, 0.15) is 9.84 Å². The molecule has 0 aromatic carbocycles. The predicted octanol–water partition coefficient (Wildman–Crippen LogP) is 2.34. The number of alkyl halides is 4. The van der Waals surface area contributed by atoms with Crippen LogP contribution in [-0.2, 0) is 9.53 Å². The smallest absolute Gasteiger partial charge is 0.297 e. The van der Waals surface area contributed by atoms with Gasteiger partial charge in [0.2, 0.25) is 5.78 Å². The fourth-order valence-electron chi connectivity index (χ4n) is 0.493. The molecule has 0 rings (SSSR count).